The number of hydrogen-bond acceptors (Lipinski definition) is 2. The van der Waals surface area contributed by atoms with Gasteiger partial charge in [-0.2, -0.15) is 11.3 Å². The molecule has 0 unspecified atom stereocenters. The van der Waals surface area contributed by atoms with Gasteiger partial charge in [-0.05, 0) is 23.1 Å². The third kappa shape index (κ3) is 1.27. The summed E-state index contributed by atoms with van der Waals surface area (Å²) in [6.07, 6.45) is 0. The van der Waals surface area contributed by atoms with Crippen molar-refractivity contribution in [1.29, 1.82) is 0 Å². The molecule has 3 heteroatoms. The van der Waals surface area contributed by atoms with E-state index in [4.69, 9.17) is 0 Å². The Bertz CT molecular complexity index is 503. The zero-order chi connectivity index (χ0) is 10.3. The Morgan fingerprint density at radius 2 is 1.93 bits per heavy atom. The van der Waals surface area contributed by atoms with Crippen LogP contribution in [0.25, 0.3) is 0 Å². The predicted octanol–water partition coefficient (Wildman–Crippen LogP) is 2.91. The summed E-state index contributed by atoms with van der Waals surface area (Å²) in [5.74, 6) is 0.123. The van der Waals surface area contributed by atoms with Gasteiger partial charge < -0.3 is 4.90 Å². The minimum absolute atomic E-state index is 0.123. The van der Waals surface area contributed by atoms with Gasteiger partial charge in [0.05, 0.1) is 12.1 Å². The lowest BCUT2D eigenvalue weighted by Crippen LogP contribution is -2.22. The van der Waals surface area contributed by atoms with Crippen molar-refractivity contribution in [1.82, 2.24) is 0 Å². The second-order valence-corrected chi connectivity index (χ2v) is 4.28. The molecule has 0 atom stereocenters. The van der Waals surface area contributed by atoms with Crippen LogP contribution in [0.5, 0.6) is 0 Å². The van der Waals surface area contributed by atoms with Gasteiger partial charge >= 0.3 is 0 Å². The number of fused-ring (bicyclic) bond motifs is 1. The van der Waals surface area contributed by atoms with Crippen molar-refractivity contribution in [2.75, 3.05) is 4.90 Å². The van der Waals surface area contributed by atoms with E-state index >= 15 is 0 Å². The highest BCUT2D eigenvalue weighted by atomic mass is 32.1. The molecule has 2 nitrogen and oxygen atoms in total. The maximum Gasteiger partial charge on any atom is 0.259 e. The minimum Gasteiger partial charge on any atom is -0.304 e. The number of nitrogens with zero attached hydrogens (tertiary/aromatic N) is 1. The average molecular weight is 215 g/mol. The molecule has 0 saturated carbocycles. The Balaban J connectivity index is 2.00. The molecule has 0 spiro atoms. The number of amides is 1. The van der Waals surface area contributed by atoms with Crippen LogP contribution < -0.4 is 4.90 Å². The number of carbonyl (C=O) groups excluding carboxylic acids is 1. The van der Waals surface area contributed by atoms with E-state index in [9.17, 15) is 4.79 Å². The van der Waals surface area contributed by atoms with Crippen LogP contribution >= 0.6 is 11.3 Å². The monoisotopic (exact) mass is 215 g/mol. The Labute approximate surface area is 91.8 Å². The molecule has 1 aromatic heterocycles. The summed E-state index contributed by atoms with van der Waals surface area (Å²) in [5.41, 5.74) is 2.99. The van der Waals surface area contributed by atoms with Gasteiger partial charge in [-0.1, -0.05) is 18.2 Å². The van der Waals surface area contributed by atoms with Gasteiger partial charge in [0.2, 0.25) is 0 Å². The van der Waals surface area contributed by atoms with E-state index < -0.39 is 0 Å². The van der Waals surface area contributed by atoms with E-state index in [1.54, 1.807) is 11.3 Å². The SMILES string of the molecule is O=C1c2cscc2CN1c1ccccc1. The molecule has 1 aromatic carbocycles. The molecule has 1 amide bonds. The summed E-state index contributed by atoms with van der Waals surface area (Å²) in [4.78, 5) is 13.8. The second-order valence-electron chi connectivity index (χ2n) is 3.54. The highest BCUT2D eigenvalue weighted by molar-refractivity contribution is 7.08. The van der Waals surface area contributed by atoms with Crippen molar-refractivity contribution < 1.29 is 4.79 Å². The van der Waals surface area contributed by atoms with Crippen molar-refractivity contribution in [2.24, 2.45) is 0 Å². The molecule has 0 N–H and O–H groups in total. The van der Waals surface area contributed by atoms with Gasteiger partial charge in [0, 0.05) is 11.1 Å². The Morgan fingerprint density at radius 1 is 1.13 bits per heavy atom. The van der Waals surface area contributed by atoms with Crippen LogP contribution in [0.15, 0.2) is 41.1 Å². The number of para-hydroxylation sites is 1. The van der Waals surface area contributed by atoms with Gasteiger partial charge in [0.15, 0.2) is 0 Å². The first-order chi connectivity index (χ1) is 7.36. The first kappa shape index (κ1) is 8.68. The molecule has 15 heavy (non-hydrogen) atoms. The Morgan fingerprint density at radius 3 is 2.67 bits per heavy atom. The molecule has 1 aliphatic heterocycles. The molecule has 0 saturated heterocycles. The quantitative estimate of drug-likeness (QED) is 0.716. The molecular weight excluding hydrogens is 206 g/mol. The topological polar surface area (TPSA) is 20.3 Å². The fourth-order valence-corrected chi connectivity index (χ4v) is 2.66. The molecular formula is C12H9NOS. The fourth-order valence-electron chi connectivity index (χ4n) is 1.84. The first-order valence-corrected chi connectivity index (χ1v) is 5.72. The van der Waals surface area contributed by atoms with E-state index in [1.165, 1.54) is 0 Å². The van der Waals surface area contributed by atoms with Crippen LogP contribution in [0.4, 0.5) is 5.69 Å². The zero-order valence-electron chi connectivity index (χ0n) is 8.01. The maximum atomic E-state index is 12.0. The average Bonchev–Trinajstić information content (AvgIpc) is 2.83. The largest absolute Gasteiger partial charge is 0.304 e. The van der Waals surface area contributed by atoms with E-state index in [-0.39, 0.29) is 5.91 Å². The molecule has 2 heterocycles. The number of thiophene rings is 1. The lowest BCUT2D eigenvalue weighted by Gasteiger charge is -2.15. The van der Waals surface area contributed by atoms with E-state index in [2.05, 4.69) is 5.38 Å². The molecule has 1 aliphatic rings. The zero-order valence-corrected chi connectivity index (χ0v) is 8.83. The van der Waals surface area contributed by atoms with E-state index in [1.807, 2.05) is 40.6 Å². The highest BCUT2D eigenvalue weighted by Gasteiger charge is 2.28. The Kier molecular flexibility index (Phi) is 1.86. The number of rotatable bonds is 1. The van der Waals surface area contributed by atoms with Crippen LogP contribution in [0.2, 0.25) is 0 Å². The van der Waals surface area contributed by atoms with Crippen LogP contribution in [0.3, 0.4) is 0 Å². The predicted molar refractivity (Wildman–Crippen MR) is 61.3 cm³/mol. The molecule has 0 radical (unpaired) electrons. The minimum atomic E-state index is 0.123. The lowest BCUT2D eigenvalue weighted by atomic mass is 10.2. The lowest BCUT2D eigenvalue weighted by molar-refractivity contribution is 0.0997. The van der Waals surface area contributed by atoms with Crippen LogP contribution in [-0.2, 0) is 6.54 Å². The summed E-state index contributed by atoms with van der Waals surface area (Å²) in [5, 5.41) is 3.98. The van der Waals surface area contributed by atoms with Gasteiger partial charge in [-0.15, -0.1) is 0 Å². The Hall–Kier alpha value is -1.61. The summed E-state index contributed by atoms with van der Waals surface area (Å²) < 4.78 is 0. The standard InChI is InChI=1S/C12H9NOS/c14-12-11-8-15-7-9(11)6-13(12)10-4-2-1-3-5-10/h1-5,7-8H,6H2. The van der Waals surface area contributed by atoms with Crippen molar-refractivity contribution in [3.05, 3.63) is 52.2 Å². The highest BCUT2D eigenvalue weighted by Crippen LogP contribution is 2.30. The van der Waals surface area contributed by atoms with E-state index in [0.29, 0.717) is 6.54 Å². The van der Waals surface area contributed by atoms with Crippen LogP contribution in [-0.4, -0.2) is 5.91 Å². The van der Waals surface area contributed by atoms with Crippen LogP contribution in [0.1, 0.15) is 15.9 Å². The molecule has 74 valence electrons. The maximum absolute atomic E-state index is 12.0. The molecule has 3 rings (SSSR count). The molecule has 0 aliphatic carbocycles. The van der Waals surface area contributed by atoms with Crippen molar-refractivity contribution >= 4 is 22.9 Å². The molecule has 0 bridgehead atoms. The third-order valence-electron chi connectivity index (χ3n) is 2.61. The smallest absolute Gasteiger partial charge is 0.259 e. The van der Waals surface area contributed by atoms with Crippen molar-refractivity contribution in [3.63, 3.8) is 0 Å². The summed E-state index contributed by atoms with van der Waals surface area (Å²) >= 11 is 1.60. The van der Waals surface area contributed by atoms with Gasteiger partial charge in [0.1, 0.15) is 0 Å². The fraction of sp³-hybridized carbons (Fsp3) is 0.0833. The third-order valence-corrected chi connectivity index (χ3v) is 3.41. The summed E-state index contributed by atoms with van der Waals surface area (Å²) in [6.45, 7) is 0.710. The number of benzene rings is 1. The first-order valence-electron chi connectivity index (χ1n) is 4.78. The van der Waals surface area contributed by atoms with Gasteiger partial charge in [-0.3, -0.25) is 4.79 Å². The van der Waals surface area contributed by atoms with Gasteiger partial charge in [-0.25, -0.2) is 0 Å². The number of carbonyl (C=O) groups is 1. The van der Waals surface area contributed by atoms with Crippen molar-refractivity contribution in [3.8, 4) is 0 Å². The normalized spacial score (nSPS) is 14.4. The van der Waals surface area contributed by atoms with E-state index in [0.717, 1.165) is 16.8 Å². The summed E-state index contributed by atoms with van der Waals surface area (Å²) in [6, 6.07) is 9.79. The number of hydrogen-bond donors (Lipinski definition) is 0. The van der Waals surface area contributed by atoms with Gasteiger partial charge in [0.25, 0.3) is 5.91 Å². The molecule has 2 aromatic rings. The van der Waals surface area contributed by atoms with Crippen LogP contribution in [0, 0.1) is 0 Å². The second kappa shape index (κ2) is 3.21. The number of anilines is 1. The van der Waals surface area contributed by atoms with Crippen molar-refractivity contribution in [2.45, 2.75) is 6.54 Å². The molecule has 0 fully saturated rings. The summed E-state index contributed by atoms with van der Waals surface area (Å²) in [7, 11) is 0.